The van der Waals surface area contributed by atoms with E-state index in [0.29, 0.717) is 32.0 Å². The number of rotatable bonds is 4. The van der Waals surface area contributed by atoms with Crippen LogP contribution in [0.15, 0.2) is 42.5 Å². The van der Waals surface area contributed by atoms with Gasteiger partial charge in [0.2, 0.25) is 0 Å². The van der Waals surface area contributed by atoms with Crippen molar-refractivity contribution in [1.29, 1.82) is 0 Å². The van der Waals surface area contributed by atoms with E-state index in [4.69, 9.17) is 39.5 Å². The highest BCUT2D eigenvalue weighted by Gasteiger charge is 2.15. The van der Waals surface area contributed by atoms with Crippen molar-refractivity contribution in [2.24, 2.45) is 0 Å². The maximum absolute atomic E-state index is 9.74. The van der Waals surface area contributed by atoms with Crippen LogP contribution in [0.3, 0.4) is 0 Å². The second kappa shape index (κ2) is 7.19. The summed E-state index contributed by atoms with van der Waals surface area (Å²) in [5, 5.41) is 11.4. The van der Waals surface area contributed by atoms with Gasteiger partial charge >= 0.3 is 0 Å². The van der Waals surface area contributed by atoms with Gasteiger partial charge in [-0.15, -0.1) is 0 Å². The van der Waals surface area contributed by atoms with E-state index in [1.54, 1.807) is 37.4 Å². The van der Waals surface area contributed by atoms with E-state index in [-0.39, 0.29) is 6.61 Å². The van der Waals surface area contributed by atoms with Crippen molar-refractivity contribution in [3.05, 3.63) is 68.7 Å². The largest absolute Gasteiger partial charge is 0.496 e. The SMILES string of the molecule is CO/C(=C(\CO)c1ccc(Cl)cc1Cl)c1ccc(Cl)cc1. The lowest BCUT2D eigenvalue weighted by molar-refractivity contribution is 0.337. The summed E-state index contributed by atoms with van der Waals surface area (Å²) in [6.07, 6.45) is 0. The summed E-state index contributed by atoms with van der Waals surface area (Å²) in [5.41, 5.74) is 2.06. The van der Waals surface area contributed by atoms with Crippen LogP contribution in [0, 0.1) is 0 Å². The Morgan fingerprint density at radius 1 is 1.00 bits per heavy atom. The van der Waals surface area contributed by atoms with E-state index >= 15 is 0 Å². The van der Waals surface area contributed by atoms with Crippen LogP contribution in [0.25, 0.3) is 11.3 Å². The standard InChI is InChI=1S/C16H13Cl3O2/c1-21-16(10-2-4-11(17)5-3-10)14(9-20)13-7-6-12(18)8-15(13)19/h2-8,20H,9H2,1H3/b16-14+. The third-order valence-corrected chi connectivity index (χ3v) is 3.80. The Morgan fingerprint density at radius 2 is 1.62 bits per heavy atom. The van der Waals surface area contributed by atoms with E-state index < -0.39 is 0 Å². The van der Waals surface area contributed by atoms with Crippen molar-refractivity contribution in [1.82, 2.24) is 0 Å². The number of benzene rings is 2. The Hall–Kier alpha value is -1.19. The Balaban J connectivity index is 2.60. The van der Waals surface area contributed by atoms with Gasteiger partial charge in [-0.25, -0.2) is 0 Å². The van der Waals surface area contributed by atoms with Crippen LogP contribution in [0.1, 0.15) is 11.1 Å². The summed E-state index contributed by atoms with van der Waals surface area (Å²) >= 11 is 18.0. The van der Waals surface area contributed by atoms with Crippen molar-refractivity contribution in [2.75, 3.05) is 13.7 Å². The predicted octanol–water partition coefficient (Wildman–Crippen LogP) is 5.15. The van der Waals surface area contributed by atoms with Gasteiger partial charge in [0.1, 0.15) is 5.76 Å². The molecule has 1 N–H and O–H groups in total. The molecular weight excluding hydrogens is 331 g/mol. The van der Waals surface area contributed by atoms with Crippen molar-refractivity contribution >= 4 is 46.1 Å². The van der Waals surface area contributed by atoms with Crippen LogP contribution in [-0.4, -0.2) is 18.8 Å². The smallest absolute Gasteiger partial charge is 0.132 e. The summed E-state index contributed by atoms with van der Waals surface area (Å²) in [6, 6.07) is 12.3. The molecular formula is C16H13Cl3O2. The zero-order valence-electron chi connectivity index (χ0n) is 11.2. The van der Waals surface area contributed by atoms with Crippen LogP contribution in [0.2, 0.25) is 15.1 Å². The number of methoxy groups -OCH3 is 1. The quantitative estimate of drug-likeness (QED) is 0.614. The fourth-order valence-corrected chi connectivity index (χ4v) is 2.68. The second-order valence-electron chi connectivity index (χ2n) is 4.30. The normalized spacial score (nSPS) is 12.0. The summed E-state index contributed by atoms with van der Waals surface area (Å²) in [5.74, 6) is 0.540. The Morgan fingerprint density at radius 3 is 2.14 bits per heavy atom. The number of halogens is 3. The first-order valence-electron chi connectivity index (χ1n) is 6.16. The first-order chi connectivity index (χ1) is 10.1. The zero-order valence-corrected chi connectivity index (χ0v) is 13.5. The highest BCUT2D eigenvalue weighted by molar-refractivity contribution is 6.36. The average Bonchev–Trinajstić information content (AvgIpc) is 2.47. The van der Waals surface area contributed by atoms with Crippen LogP contribution >= 0.6 is 34.8 Å². The maximum Gasteiger partial charge on any atom is 0.132 e. The van der Waals surface area contributed by atoms with Crippen LogP contribution < -0.4 is 0 Å². The monoisotopic (exact) mass is 342 g/mol. The molecule has 0 fully saturated rings. The van der Waals surface area contributed by atoms with Gasteiger partial charge in [-0.05, 0) is 36.4 Å². The molecule has 0 aliphatic carbocycles. The van der Waals surface area contributed by atoms with E-state index in [1.807, 2.05) is 12.1 Å². The minimum atomic E-state index is -0.215. The first kappa shape index (κ1) is 16.2. The van der Waals surface area contributed by atoms with Crippen molar-refractivity contribution < 1.29 is 9.84 Å². The molecule has 0 aliphatic rings. The van der Waals surface area contributed by atoms with Gasteiger partial charge < -0.3 is 9.84 Å². The molecule has 0 spiro atoms. The van der Waals surface area contributed by atoms with Crippen LogP contribution in [0.5, 0.6) is 0 Å². The lowest BCUT2D eigenvalue weighted by Gasteiger charge is -2.15. The lowest BCUT2D eigenvalue weighted by Crippen LogP contribution is -1.99. The zero-order chi connectivity index (χ0) is 15.4. The molecule has 0 saturated heterocycles. The van der Waals surface area contributed by atoms with E-state index in [0.717, 1.165) is 5.56 Å². The highest BCUT2D eigenvalue weighted by atomic mass is 35.5. The first-order valence-corrected chi connectivity index (χ1v) is 7.29. The number of ether oxygens (including phenoxy) is 1. The topological polar surface area (TPSA) is 29.5 Å². The summed E-state index contributed by atoms with van der Waals surface area (Å²) < 4.78 is 5.45. The molecule has 0 amide bonds. The molecule has 0 aliphatic heterocycles. The van der Waals surface area contributed by atoms with Crippen LogP contribution in [0.4, 0.5) is 0 Å². The maximum atomic E-state index is 9.74. The molecule has 2 rings (SSSR count). The highest BCUT2D eigenvalue weighted by Crippen LogP contribution is 2.32. The van der Waals surface area contributed by atoms with E-state index in [1.165, 1.54) is 0 Å². The van der Waals surface area contributed by atoms with Gasteiger partial charge in [0.05, 0.1) is 13.7 Å². The number of aliphatic hydroxyl groups excluding tert-OH is 1. The molecule has 5 heteroatoms. The van der Waals surface area contributed by atoms with E-state index in [9.17, 15) is 5.11 Å². The molecule has 2 nitrogen and oxygen atoms in total. The fourth-order valence-electron chi connectivity index (χ4n) is 2.03. The molecule has 110 valence electrons. The molecule has 2 aromatic rings. The van der Waals surface area contributed by atoms with E-state index in [2.05, 4.69) is 0 Å². The fraction of sp³-hybridized carbons (Fsp3) is 0.125. The third-order valence-electron chi connectivity index (χ3n) is 3.00. The molecule has 2 aromatic carbocycles. The molecule has 0 heterocycles. The molecule has 0 atom stereocenters. The molecule has 0 unspecified atom stereocenters. The summed E-state index contributed by atoms with van der Waals surface area (Å²) in [6.45, 7) is -0.215. The van der Waals surface area contributed by atoms with Gasteiger partial charge in [0.25, 0.3) is 0 Å². The van der Waals surface area contributed by atoms with Gasteiger partial charge in [-0.2, -0.15) is 0 Å². The Labute approximate surface area is 138 Å². The molecule has 0 aromatic heterocycles. The summed E-state index contributed by atoms with van der Waals surface area (Å²) in [4.78, 5) is 0. The van der Waals surface area contributed by atoms with Gasteiger partial charge in [0, 0.05) is 31.8 Å². The van der Waals surface area contributed by atoms with Crippen molar-refractivity contribution in [3.8, 4) is 0 Å². The minimum Gasteiger partial charge on any atom is -0.496 e. The number of hydrogen-bond acceptors (Lipinski definition) is 2. The van der Waals surface area contributed by atoms with Gasteiger partial charge in [-0.3, -0.25) is 0 Å². The molecule has 0 bridgehead atoms. The lowest BCUT2D eigenvalue weighted by atomic mass is 10.0. The Kier molecular flexibility index (Phi) is 5.54. The van der Waals surface area contributed by atoms with Gasteiger partial charge in [-0.1, -0.05) is 40.9 Å². The second-order valence-corrected chi connectivity index (χ2v) is 5.58. The predicted molar refractivity (Wildman–Crippen MR) is 88.8 cm³/mol. The van der Waals surface area contributed by atoms with Gasteiger partial charge in [0.15, 0.2) is 0 Å². The average molecular weight is 344 g/mol. The molecule has 21 heavy (non-hydrogen) atoms. The Bertz CT molecular complexity index is 664. The van der Waals surface area contributed by atoms with Crippen LogP contribution in [-0.2, 0) is 4.74 Å². The summed E-state index contributed by atoms with van der Waals surface area (Å²) in [7, 11) is 1.55. The minimum absolute atomic E-state index is 0.215. The molecule has 0 saturated carbocycles. The van der Waals surface area contributed by atoms with Crippen molar-refractivity contribution in [2.45, 2.75) is 0 Å². The third kappa shape index (κ3) is 3.72. The number of aliphatic hydroxyl groups is 1. The number of hydrogen-bond donors (Lipinski definition) is 1. The van der Waals surface area contributed by atoms with Crippen molar-refractivity contribution in [3.63, 3.8) is 0 Å². The molecule has 0 radical (unpaired) electrons.